The van der Waals surface area contributed by atoms with Gasteiger partial charge in [0.25, 0.3) is 0 Å². The van der Waals surface area contributed by atoms with Gasteiger partial charge in [0.2, 0.25) is 5.91 Å². The van der Waals surface area contributed by atoms with Gasteiger partial charge in [-0.1, -0.05) is 27.7 Å². The Morgan fingerprint density at radius 2 is 1.53 bits per heavy atom. The summed E-state index contributed by atoms with van der Waals surface area (Å²) in [7, 11) is 1.89. The van der Waals surface area contributed by atoms with Crippen molar-refractivity contribution >= 4 is 5.91 Å². The zero-order valence-corrected chi connectivity index (χ0v) is 12.3. The Kier molecular flexibility index (Phi) is 9.14. The molecular weight excluding hydrogens is 212 g/mol. The third kappa shape index (κ3) is 9.16. The standard InChI is InChI=1S/C14H30N2O/c1-12(2)7-10-16(11-8-13(3)4)14(17)6-9-15-5/h12-13,15H,6-11H2,1-5H3. The molecule has 1 N–H and O–H groups in total. The second kappa shape index (κ2) is 9.46. The number of carbonyl (C=O) groups excluding carboxylic acids is 1. The van der Waals surface area contributed by atoms with Gasteiger partial charge in [-0.05, 0) is 31.7 Å². The minimum Gasteiger partial charge on any atom is -0.343 e. The van der Waals surface area contributed by atoms with Crippen LogP contribution in [0.5, 0.6) is 0 Å². The number of rotatable bonds is 9. The first-order chi connectivity index (χ1) is 7.97. The van der Waals surface area contributed by atoms with Gasteiger partial charge in [-0.15, -0.1) is 0 Å². The predicted molar refractivity (Wildman–Crippen MR) is 74.0 cm³/mol. The molecule has 0 aliphatic rings. The van der Waals surface area contributed by atoms with Crippen molar-refractivity contribution in [3.63, 3.8) is 0 Å². The average Bonchev–Trinajstić information content (AvgIpc) is 2.25. The number of nitrogens with one attached hydrogen (secondary N) is 1. The topological polar surface area (TPSA) is 32.3 Å². The highest BCUT2D eigenvalue weighted by molar-refractivity contribution is 5.76. The maximum atomic E-state index is 12.0. The maximum Gasteiger partial charge on any atom is 0.223 e. The fraction of sp³-hybridized carbons (Fsp3) is 0.929. The summed E-state index contributed by atoms with van der Waals surface area (Å²) in [6.45, 7) is 11.4. The average molecular weight is 242 g/mol. The van der Waals surface area contributed by atoms with E-state index in [-0.39, 0.29) is 0 Å². The van der Waals surface area contributed by atoms with E-state index < -0.39 is 0 Å². The molecule has 0 radical (unpaired) electrons. The van der Waals surface area contributed by atoms with Gasteiger partial charge in [0.15, 0.2) is 0 Å². The van der Waals surface area contributed by atoms with E-state index in [1.165, 1.54) is 0 Å². The van der Waals surface area contributed by atoms with E-state index in [0.29, 0.717) is 24.2 Å². The van der Waals surface area contributed by atoms with Crippen LogP contribution < -0.4 is 5.32 Å². The van der Waals surface area contributed by atoms with E-state index in [1.807, 2.05) is 11.9 Å². The van der Waals surface area contributed by atoms with Crippen molar-refractivity contribution in [3.8, 4) is 0 Å². The van der Waals surface area contributed by atoms with Gasteiger partial charge in [0.1, 0.15) is 0 Å². The van der Waals surface area contributed by atoms with E-state index in [2.05, 4.69) is 33.0 Å². The van der Waals surface area contributed by atoms with Gasteiger partial charge in [-0.3, -0.25) is 4.79 Å². The molecule has 0 aromatic carbocycles. The van der Waals surface area contributed by atoms with E-state index in [9.17, 15) is 4.79 Å². The molecule has 0 aromatic heterocycles. The molecule has 102 valence electrons. The molecule has 1 amide bonds. The molecule has 0 aliphatic carbocycles. The molecule has 0 heterocycles. The second-order valence-electron chi connectivity index (χ2n) is 5.60. The summed E-state index contributed by atoms with van der Waals surface area (Å²) in [6.07, 6.45) is 2.82. The Bertz CT molecular complexity index is 190. The summed E-state index contributed by atoms with van der Waals surface area (Å²) in [6, 6.07) is 0. The molecule has 0 saturated heterocycles. The largest absolute Gasteiger partial charge is 0.343 e. The van der Waals surface area contributed by atoms with Crippen molar-refractivity contribution in [2.24, 2.45) is 11.8 Å². The molecule has 0 aliphatic heterocycles. The van der Waals surface area contributed by atoms with Gasteiger partial charge in [-0.2, -0.15) is 0 Å². The minimum absolute atomic E-state index is 0.292. The highest BCUT2D eigenvalue weighted by atomic mass is 16.2. The van der Waals surface area contributed by atoms with Crippen LogP contribution >= 0.6 is 0 Å². The summed E-state index contributed by atoms with van der Waals surface area (Å²) in [5.41, 5.74) is 0. The number of amides is 1. The van der Waals surface area contributed by atoms with E-state index in [1.54, 1.807) is 0 Å². The summed E-state index contributed by atoms with van der Waals surface area (Å²) in [5, 5.41) is 3.04. The Balaban J connectivity index is 4.12. The molecule has 3 nitrogen and oxygen atoms in total. The molecule has 0 unspecified atom stereocenters. The highest BCUT2D eigenvalue weighted by Crippen LogP contribution is 2.07. The SMILES string of the molecule is CNCCC(=O)N(CCC(C)C)CCC(C)C. The Labute approximate surface area is 107 Å². The van der Waals surface area contributed by atoms with E-state index in [4.69, 9.17) is 0 Å². The van der Waals surface area contributed by atoms with Gasteiger partial charge in [0, 0.05) is 26.1 Å². The van der Waals surface area contributed by atoms with Crippen LogP contribution in [0.25, 0.3) is 0 Å². The van der Waals surface area contributed by atoms with Crippen LogP contribution in [0.2, 0.25) is 0 Å². The summed E-state index contributed by atoms with van der Waals surface area (Å²) in [5.74, 6) is 1.61. The first-order valence-electron chi connectivity index (χ1n) is 6.89. The predicted octanol–water partition coefficient (Wildman–Crippen LogP) is 2.52. The molecule has 0 rings (SSSR count). The van der Waals surface area contributed by atoms with Gasteiger partial charge < -0.3 is 10.2 Å². The Morgan fingerprint density at radius 1 is 1.06 bits per heavy atom. The number of hydrogen-bond donors (Lipinski definition) is 1. The number of carbonyl (C=O) groups is 1. The molecule has 0 spiro atoms. The molecule has 0 bridgehead atoms. The molecule has 17 heavy (non-hydrogen) atoms. The van der Waals surface area contributed by atoms with Gasteiger partial charge in [-0.25, -0.2) is 0 Å². The van der Waals surface area contributed by atoms with Crippen LogP contribution in [0.1, 0.15) is 47.0 Å². The van der Waals surface area contributed by atoms with Crippen molar-refractivity contribution < 1.29 is 4.79 Å². The maximum absolute atomic E-state index is 12.0. The zero-order chi connectivity index (χ0) is 13.3. The lowest BCUT2D eigenvalue weighted by molar-refractivity contribution is -0.131. The van der Waals surface area contributed by atoms with Crippen LogP contribution in [-0.2, 0) is 4.79 Å². The molecule has 3 heteroatoms. The minimum atomic E-state index is 0.292. The lowest BCUT2D eigenvalue weighted by Gasteiger charge is -2.24. The van der Waals surface area contributed by atoms with Crippen LogP contribution in [-0.4, -0.2) is 37.5 Å². The van der Waals surface area contributed by atoms with Crippen molar-refractivity contribution in [3.05, 3.63) is 0 Å². The number of hydrogen-bond acceptors (Lipinski definition) is 2. The second-order valence-corrected chi connectivity index (χ2v) is 5.60. The third-order valence-electron chi connectivity index (χ3n) is 2.89. The monoisotopic (exact) mass is 242 g/mol. The first kappa shape index (κ1) is 16.4. The third-order valence-corrected chi connectivity index (χ3v) is 2.89. The van der Waals surface area contributed by atoms with Crippen molar-refractivity contribution in [2.75, 3.05) is 26.7 Å². The van der Waals surface area contributed by atoms with Crippen LogP contribution in [0, 0.1) is 11.8 Å². The fourth-order valence-electron chi connectivity index (χ4n) is 1.58. The van der Waals surface area contributed by atoms with Gasteiger partial charge in [0.05, 0.1) is 0 Å². The van der Waals surface area contributed by atoms with E-state index in [0.717, 1.165) is 32.5 Å². The Morgan fingerprint density at radius 3 is 1.88 bits per heavy atom. The molecular formula is C14H30N2O. The summed E-state index contributed by atoms with van der Waals surface area (Å²) in [4.78, 5) is 14.1. The molecule has 0 atom stereocenters. The van der Waals surface area contributed by atoms with Crippen molar-refractivity contribution in [2.45, 2.75) is 47.0 Å². The van der Waals surface area contributed by atoms with Gasteiger partial charge >= 0.3 is 0 Å². The first-order valence-corrected chi connectivity index (χ1v) is 6.89. The molecule has 0 fully saturated rings. The normalized spacial score (nSPS) is 11.2. The zero-order valence-electron chi connectivity index (χ0n) is 12.3. The lowest BCUT2D eigenvalue weighted by atomic mass is 10.1. The van der Waals surface area contributed by atoms with Crippen LogP contribution in [0.3, 0.4) is 0 Å². The number of nitrogens with zero attached hydrogens (tertiary/aromatic N) is 1. The Hall–Kier alpha value is -0.570. The summed E-state index contributed by atoms with van der Waals surface area (Å²) < 4.78 is 0. The highest BCUT2D eigenvalue weighted by Gasteiger charge is 2.13. The van der Waals surface area contributed by atoms with Crippen LogP contribution in [0.4, 0.5) is 0 Å². The quantitative estimate of drug-likeness (QED) is 0.674. The summed E-state index contributed by atoms with van der Waals surface area (Å²) >= 11 is 0. The van der Waals surface area contributed by atoms with Crippen molar-refractivity contribution in [1.82, 2.24) is 10.2 Å². The van der Waals surface area contributed by atoms with Crippen molar-refractivity contribution in [1.29, 1.82) is 0 Å². The van der Waals surface area contributed by atoms with Crippen LogP contribution in [0.15, 0.2) is 0 Å². The smallest absolute Gasteiger partial charge is 0.223 e. The van der Waals surface area contributed by atoms with E-state index >= 15 is 0 Å². The molecule has 0 aromatic rings. The molecule has 0 saturated carbocycles. The lowest BCUT2D eigenvalue weighted by Crippen LogP contribution is -2.35. The fourth-order valence-corrected chi connectivity index (χ4v) is 1.58.